The molecule has 0 aromatic rings. The summed E-state index contributed by atoms with van der Waals surface area (Å²) < 4.78 is 6.47. The molecule has 0 bridgehead atoms. The first-order valence-electron chi connectivity index (χ1n) is 7.15. The SMILES string of the molecule is CCC1CNCC2(CC(C)(C)CC(C)(C)C2)O1. The van der Waals surface area contributed by atoms with Gasteiger partial charge in [0.05, 0.1) is 11.7 Å². The maximum Gasteiger partial charge on any atom is 0.0820 e. The van der Waals surface area contributed by atoms with Crippen LogP contribution in [0.4, 0.5) is 0 Å². The van der Waals surface area contributed by atoms with E-state index in [1.165, 1.54) is 19.3 Å². The van der Waals surface area contributed by atoms with E-state index in [2.05, 4.69) is 39.9 Å². The molecule has 1 N–H and O–H groups in total. The molecule has 1 atom stereocenters. The number of morpholine rings is 1. The van der Waals surface area contributed by atoms with Gasteiger partial charge in [0.2, 0.25) is 0 Å². The Hall–Kier alpha value is -0.0800. The van der Waals surface area contributed by atoms with Crippen LogP contribution in [0.15, 0.2) is 0 Å². The fraction of sp³-hybridized carbons (Fsp3) is 1.00. The van der Waals surface area contributed by atoms with Crippen LogP contribution in [-0.2, 0) is 4.74 Å². The molecule has 0 aromatic carbocycles. The minimum Gasteiger partial charge on any atom is -0.369 e. The van der Waals surface area contributed by atoms with E-state index in [-0.39, 0.29) is 5.60 Å². The molecule has 0 amide bonds. The molecule has 1 saturated heterocycles. The Morgan fingerprint density at radius 2 is 1.65 bits per heavy atom. The Labute approximate surface area is 107 Å². The lowest BCUT2D eigenvalue weighted by molar-refractivity contribution is -0.175. The van der Waals surface area contributed by atoms with Gasteiger partial charge < -0.3 is 10.1 Å². The lowest BCUT2D eigenvalue weighted by Crippen LogP contribution is -2.59. The van der Waals surface area contributed by atoms with Crippen LogP contribution in [0.2, 0.25) is 0 Å². The first-order chi connectivity index (χ1) is 7.76. The lowest BCUT2D eigenvalue weighted by atomic mass is 9.59. The maximum absolute atomic E-state index is 6.47. The van der Waals surface area contributed by atoms with Crippen molar-refractivity contribution in [3.63, 3.8) is 0 Å². The fourth-order valence-electron chi connectivity index (χ4n) is 4.56. The third kappa shape index (κ3) is 3.03. The zero-order valence-electron chi connectivity index (χ0n) is 12.2. The average molecular weight is 239 g/mol. The lowest BCUT2D eigenvalue weighted by Gasteiger charge is -2.54. The van der Waals surface area contributed by atoms with E-state index in [9.17, 15) is 0 Å². The highest BCUT2D eigenvalue weighted by Crippen LogP contribution is 2.52. The largest absolute Gasteiger partial charge is 0.369 e. The van der Waals surface area contributed by atoms with Gasteiger partial charge in [-0.15, -0.1) is 0 Å². The second-order valence-corrected chi connectivity index (χ2v) is 7.82. The van der Waals surface area contributed by atoms with Crippen molar-refractivity contribution in [2.24, 2.45) is 10.8 Å². The first kappa shape index (κ1) is 13.4. The Kier molecular flexibility index (Phi) is 3.33. The van der Waals surface area contributed by atoms with E-state index >= 15 is 0 Å². The van der Waals surface area contributed by atoms with E-state index in [1.807, 2.05) is 0 Å². The van der Waals surface area contributed by atoms with Gasteiger partial charge in [0.1, 0.15) is 0 Å². The highest BCUT2D eigenvalue weighted by Gasteiger charge is 2.49. The zero-order valence-corrected chi connectivity index (χ0v) is 12.2. The van der Waals surface area contributed by atoms with Crippen molar-refractivity contribution < 1.29 is 4.74 Å². The van der Waals surface area contributed by atoms with Gasteiger partial charge in [-0.1, -0.05) is 34.6 Å². The minimum atomic E-state index is 0.0875. The summed E-state index contributed by atoms with van der Waals surface area (Å²) in [5.41, 5.74) is 0.891. The van der Waals surface area contributed by atoms with Crippen LogP contribution in [0, 0.1) is 10.8 Å². The van der Waals surface area contributed by atoms with Crippen molar-refractivity contribution in [3.05, 3.63) is 0 Å². The molecule has 1 heterocycles. The van der Waals surface area contributed by atoms with Crippen LogP contribution in [-0.4, -0.2) is 24.8 Å². The smallest absolute Gasteiger partial charge is 0.0820 e. The summed E-state index contributed by atoms with van der Waals surface area (Å²) in [6.45, 7) is 13.9. The van der Waals surface area contributed by atoms with Crippen molar-refractivity contribution in [1.29, 1.82) is 0 Å². The summed E-state index contributed by atoms with van der Waals surface area (Å²) in [6.07, 6.45) is 5.24. The van der Waals surface area contributed by atoms with Crippen molar-refractivity contribution in [2.75, 3.05) is 13.1 Å². The van der Waals surface area contributed by atoms with Gasteiger partial charge >= 0.3 is 0 Å². The maximum atomic E-state index is 6.47. The summed E-state index contributed by atoms with van der Waals surface area (Å²) in [5.74, 6) is 0. The van der Waals surface area contributed by atoms with E-state index in [1.54, 1.807) is 0 Å². The molecule has 1 unspecified atom stereocenters. The van der Waals surface area contributed by atoms with Gasteiger partial charge in [0.15, 0.2) is 0 Å². The summed E-state index contributed by atoms with van der Waals surface area (Å²) >= 11 is 0. The van der Waals surface area contributed by atoms with Crippen molar-refractivity contribution in [2.45, 2.75) is 72.0 Å². The molecule has 1 aliphatic carbocycles. The normalized spacial score (nSPS) is 34.8. The fourth-order valence-corrected chi connectivity index (χ4v) is 4.56. The van der Waals surface area contributed by atoms with Crippen LogP contribution in [0.5, 0.6) is 0 Å². The summed E-state index contributed by atoms with van der Waals surface area (Å²) in [5, 5.41) is 3.60. The van der Waals surface area contributed by atoms with Crippen LogP contribution in [0.25, 0.3) is 0 Å². The molecule has 100 valence electrons. The Balaban J connectivity index is 2.18. The number of ether oxygens (including phenoxy) is 1. The quantitative estimate of drug-likeness (QED) is 0.757. The number of nitrogens with one attached hydrogen (secondary N) is 1. The van der Waals surface area contributed by atoms with Gasteiger partial charge in [-0.25, -0.2) is 0 Å². The molecule has 0 radical (unpaired) electrons. The number of hydrogen-bond donors (Lipinski definition) is 1. The Bertz CT molecular complexity index is 267. The summed E-state index contributed by atoms with van der Waals surface area (Å²) in [6, 6.07) is 0. The molecule has 2 rings (SSSR count). The molecule has 1 aliphatic heterocycles. The Morgan fingerprint density at radius 1 is 1.06 bits per heavy atom. The molecule has 2 nitrogen and oxygen atoms in total. The second kappa shape index (κ2) is 4.24. The molecule has 2 aliphatic rings. The molecular weight excluding hydrogens is 210 g/mol. The predicted octanol–water partition coefficient (Wildman–Crippen LogP) is 3.36. The minimum absolute atomic E-state index is 0.0875. The van der Waals surface area contributed by atoms with E-state index in [0.717, 1.165) is 19.5 Å². The van der Waals surface area contributed by atoms with Gasteiger partial charge in [0, 0.05) is 13.1 Å². The number of hydrogen-bond acceptors (Lipinski definition) is 2. The van der Waals surface area contributed by atoms with Gasteiger partial charge in [-0.2, -0.15) is 0 Å². The molecular formula is C15H29NO. The summed E-state index contributed by atoms with van der Waals surface area (Å²) in [7, 11) is 0. The van der Waals surface area contributed by atoms with Crippen molar-refractivity contribution in [1.82, 2.24) is 5.32 Å². The predicted molar refractivity (Wildman–Crippen MR) is 72.2 cm³/mol. The van der Waals surface area contributed by atoms with Gasteiger partial charge in [0.25, 0.3) is 0 Å². The van der Waals surface area contributed by atoms with Crippen molar-refractivity contribution in [3.8, 4) is 0 Å². The highest BCUT2D eigenvalue weighted by atomic mass is 16.5. The van der Waals surface area contributed by atoms with Crippen LogP contribution < -0.4 is 5.32 Å². The summed E-state index contributed by atoms with van der Waals surface area (Å²) in [4.78, 5) is 0. The molecule has 2 fully saturated rings. The van der Waals surface area contributed by atoms with Gasteiger partial charge in [-0.3, -0.25) is 0 Å². The highest BCUT2D eigenvalue weighted by molar-refractivity contribution is 5.02. The monoisotopic (exact) mass is 239 g/mol. The molecule has 17 heavy (non-hydrogen) atoms. The standard InChI is InChI=1S/C15H29NO/c1-6-12-7-16-11-15(17-12)9-13(2,3)8-14(4,5)10-15/h12,16H,6-11H2,1-5H3. The topological polar surface area (TPSA) is 21.3 Å². The van der Waals surface area contributed by atoms with E-state index < -0.39 is 0 Å². The average Bonchev–Trinajstić information content (AvgIpc) is 2.11. The molecule has 1 saturated carbocycles. The van der Waals surface area contributed by atoms with Gasteiger partial charge in [-0.05, 0) is 36.5 Å². The first-order valence-corrected chi connectivity index (χ1v) is 7.15. The number of rotatable bonds is 1. The molecule has 1 spiro atoms. The third-order valence-electron chi connectivity index (χ3n) is 4.25. The van der Waals surface area contributed by atoms with E-state index in [4.69, 9.17) is 4.74 Å². The molecule has 0 aromatic heterocycles. The second-order valence-electron chi connectivity index (χ2n) is 7.82. The third-order valence-corrected chi connectivity index (χ3v) is 4.25. The molecule has 2 heteroatoms. The Morgan fingerprint density at radius 3 is 2.18 bits per heavy atom. The van der Waals surface area contributed by atoms with Crippen LogP contribution >= 0.6 is 0 Å². The van der Waals surface area contributed by atoms with Crippen LogP contribution in [0.3, 0.4) is 0 Å². The van der Waals surface area contributed by atoms with E-state index in [0.29, 0.717) is 16.9 Å². The van der Waals surface area contributed by atoms with Crippen LogP contribution in [0.1, 0.15) is 60.3 Å². The zero-order chi connectivity index (χ0) is 12.7. The van der Waals surface area contributed by atoms with Crippen molar-refractivity contribution >= 4 is 0 Å².